The van der Waals surface area contributed by atoms with Crippen LogP contribution in [0.1, 0.15) is 31.9 Å². The van der Waals surface area contributed by atoms with Crippen molar-refractivity contribution in [2.24, 2.45) is 10.7 Å². The summed E-state index contributed by atoms with van der Waals surface area (Å²) in [5.41, 5.74) is 9.28. The van der Waals surface area contributed by atoms with Gasteiger partial charge in [0.25, 0.3) is 0 Å². The summed E-state index contributed by atoms with van der Waals surface area (Å²) >= 11 is 5.84. The van der Waals surface area contributed by atoms with E-state index in [1.807, 2.05) is 18.2 Å². The van der Waals surface area contributed by atoms with E-state index in [2.05, 4.69) is 50.0 Å². The van der Waals surface area contributed by atoms with Crippen molar-refractivity contribution in [3.05, 3.63) is 70.8 Å². The highest BCUT2D eigenvalue weighted by atomic mass is 35.5. The molecule has 0 saturated heterocycles. The van der Waals surface area contributed by atoms with Crippen LogP contribution in [0.2, 0.25) is 5.02 Å². The van der Waals surface area contributed by atoms with Crippen LogP contribution in [0, 0.1) is 0 Å². The highest BCUT2D eigenvalue weighted by Gasteiger charge is 2.12. The molecule has 0 radical (unpaired) electrons. The van der Waals surface area contributed by atoms with Crippen LogP contribution >= 0.6 is 11.6 Å². The number of hydrogen-bond donors (Lipinski definition) is 1. The van der Waals surface area contributed by atoms with Crippen LogP contribution in [-0.4, -0.2) is 5.84 Å². The number of nitrogens with two attached hydrogens (primary N) is 1. The molecule has 0 heterocycles. The second-order valence-electron chi connectivity index (χ2n) is 6.22. The molecule has 0 aliphatic carbocycles. The van der Waals surface area contributed by atoms with Gasteiger partial charge in [0.1, 0.15) is 5.84 Å². The van der Waals surface area contributed by atoms with Gasteiger partial charge >= 0.3 is 0 Å². The lowest BCUT2D eigenvalue weighted by molar-refractivity contribution is 0.590. The number of hydrogen-bond acceptors (Lipinski definition) is 1. The van der Waals surface area contributed by atoms with E-state index >= 15 is 0 Å². The Labute approximate surface area is 137 Å². The highest BCUT2D eigenvalue weighted by Crippen LogP contribution is 2.22. The van der Waals surface area contributed by atoms with E-state index in [1.54, 1.807) is 18.2 Å². The molecule has 2 nitrogen and oxygen atoms in total. The van der Waals surface area contributed by atoms with Crippen LogP contribution in [0.5, 0.6) is 0 Å². The molecule has 2 aromatic rings. The second kappa shape index (κ2) is 6.80. The van der Waals surface area contributed by atoms with Crippen LogP contribution in [-0.2, 0) is 5.41 Å². The molecule has 0 amide bonds. The first-order valence-electron chi connectivity index (χ1n) is 7.23. The summed E-state index contributed by atoms with van der Waals surface area (Å²) in [6.45, 7) is 6.61. The van der Waals surface area contributed by atoms with E-state index in [-0.39, 0.29) is 5.41 Å². The van der Waals surface area contributed by atoms with Gasteiger partial charge in [-0.2, -0.15) is 0 Å². The van der Waals surface area contributed by atoms with E-state index in [0.29, 0.717) is 10.9 Å². The fourth-order valence-corrected chi connectivity index (χ4v) is 2.10. The maximum atomic E-state index is 5.92. The van der Waals surface area contributed by atoms with Crippen molar-refractivity contribution in [1.29, 1.82) is 0 Å². The van der Waals surface area contributed by atoms with E-state index in [1.165, 1.54) is 5.56 Å². The molecule has 0 aliphatic heterocycles. The van der Waals surface area contributed by atoms with Crippen LogP contribution in [0.15, 0.2) is 59.6 Å². The highest BCUT2D eigenvalue weighted by molar-refractivity contribution is 6.30. The van der Waals surface area contributed by atoms with Crippen LogP contribution in [0.4, 0.5) is 5.69 Å². The summed E-state index contributed by atoms with van der Waals surface area (Å²) in [5.74, 6) is 0.460. The first-order valence-corrected chi connectivity index (χ1v) is 7.61. The second-order valence-corrected chi connectivity index (χ2v) is 6.65. The van der Waals surface area contributed by atoms with Crippen molar-refractivity contribution in [1.82, 2.24) is 0 Å². The van der Waals surface area contributed by atoms with Gasteiger partial charge in [0, 0.05) is 5.02 Å². The Morgan fingerprint density at radius 3 is 2.14 bits per heavy atom. The molecular weight excluding hydrogens is 292 g/mol. The van der Waals surface area contributed by atoms with E-state index in [4.69, 9.17) is 17.3 Å². The van der Waals surface area contributed by atoms with Gasteiger partial charge in [-0.15, -0.1) is 0 Å². The number of aliphatic imine (C=N–C) groups is 1. The summed E-state index contributed by atoms with van der Waals surface area (Å²) < 4.78 is 0. The molecule has 0 spiro atoms. The molecule has 0 aromatic heterocycles. The number of amidine groups is 1. The first-order chi connectivity index (χ1) is 10.3. The molecule has 0 saturated carbocycles. The molecule has 2 N–H and O–H groups in total. The van der Waals surface area contributed by atoms with Gasteiger partial charge < -0.3 is 5.73 Å². The number of halogens is 1. The van der Waals surface area contributed by atoms with Crippen molar-refractivity contribution in [2.45, 2.75) is 26.2 Å². The average molecular weight is 313 g/mol. The third-order valence-electron chi connectivity index (χ3n) is 3.31. The number of benzene rings is 2. The van der Waals surface area contributed by atoms with Crippen molar-refractivity contribution < 1.29 is 0 Å². The smallest absolute Gasteiger partial charge is 0.124 e. The Kier molecular flexibility index (Phi) is 5.04. The minimum Gasteiger partial charge on any atom is -0.384 e. The fourth-order valence-electron chi connectivity index (χ4n) is 1.98. The largest absolute Gasteiger partial charge is 0.384 e. The molecule has 0 atom stereocenters. The van der Waals surface area contributed by atoms with Crippen molar-refractivity contribution in [3.63, 3.8) is 0 Å². The van der Waals surface area contributed by atoms with Crippen LogP contribution in [0.3, 0.4) is 0 Å². The Bertz CT molecular complexity index is 675. The third-order valence-corrected chi connectivity index (χ3v) is 3.56. The molecular formula is C19H21ClN2. The lowest BCUT2D eigenvalue weighted by Gasteiger charge is -2.18. The van der Waals surface area contributed by atoms with Gasteiger partial charge in [-0.05, 0) is 46.9 Å². The van der Waals surface area contributed by atoms with Gasteiger partial charge in [0.15, 0.2) is 0 Å². The zero-order chi connectivity index (χ0) is 16.2. The third kappa shape index (κ3) is 4.74. The quantitative estimate of drug-likeness (QED) is 0.603. The fraction of sp³-hybridized carbons (Fsp3) is 0.211. The van der Waals surface area contributed by atoms with E-state index in [9.17, 15) is 0 Å². The van der Waals surface area contributed by atoms with Crippen molar-refractivity contribution in [3.8, 4) is 0 Å². The lowest BCUT2D eigenvalue weighted by Crippen LogP contribution is -2.10. The van der Waals surface area contributed by atoms with Crippen molar-refractivity contribution in [2.75, 3.05) is 0 Å². The molecule has 0 unspecified atom stereocenters. The minimum absolute atomic E-state index is 0.164. The number of nitrogens with zero attached hydrogens (tertiary/aromatic N) is 1. The summed E-state index contributed by atoms with van der Waals surface area (Å²) in [6.07, 6.45) is 3.77. The SMILES string of the molecule is CC(C)(C)c1ccc(/C=C/C(N)=Nc2ccc(Cl)cc2)cc1. The van der Waals surface area contributed by atoms with E-state index < -0.39 is 0 Å². The summed E-state index contributed by atoms with van der Waals surface area (Å²) in [6, 6.07) is 15.7. The normalized spacial score (nSPS) is 12.8. The molecule has 114 valence electrons. The Hall–Kier alpha value is -2.06. The zero-order valence-electron chi connectivity index (χ0n) is 13.2. The Morgan fingerprint density at radius 1 is 1.00 bits per heavy atom. The van der Waals surface area contributed by atoms with Gasteiger partial charge in [0.2, 0.25) is 0 Å². The molecule has 2 rings (SSSR count). The summed E-state index contributed by atoms with van der Waals surface area (Å²) in [7, 11) is 0. The van der Waals surface area contributed by atoms with Gasteiger partial charge in [-0.25, -0.2) is 4.99 Å². The molecule has 0 aliphatic rings. The zero-order valence-corrected chi connectivity index (χ0v) is 13.9. The van der Waals surface area contributed by atoms with Gasteiger partial charge in [0.05, 0.1) is 5.69 Å². The molecule has 0 fully saturated rings. The maximum Gasteiger partial charge on any atom is 0.124 e. The average Bonchev–Trinajstić information content (AvgIpc) is 2.47. The Morgan fingerprint density at radius 2 is 1.59 bits per heavy atom. The monoisotopic (exact) mass is 312 g/mol. The van der Waals surface area contributed by atoms with Gasteiger partial charge in [-0.3, -0.25) is 0 Å². The summed E-state index contributed by atoms with van der Waals surface area (Å²) in [4.78, 5) is 4.32. The van der Waals surface area contributed by atoms with Crippen molar-refractivity contribution >= 4 is 29.2 Å². The molecule has 0 bridgehead atoms. The maximum absolute atomic E-state index is 5.92. The predicted octanol–water partition coefficient (Wildman–Crippen LogP) is 5.34. The standard InChI is InChI=1S/C19H21ClN2/c1-19(2,3)15-7-4-14(5-8-15)6-13-18(21)22-17-11-9-16(20)10-12-17/h4-13H,1-3H3,(H2,21,22)/b13-6+. The van der Waals surface area contributed by atoms with Crippen LogP contribution in [0.25, 0.3) is 6.08 Å². The first kappa shape index (κ1) is 16.3. The minimum atomic E-state index is 0.164. The topological polar surface area (TPSA) is 38.4 Å². The number of rotatable bonds is 3. The Balaban J connectivity index is 2.09. The molecule has 3 heteroatoms. The van der Waals surface area contributed by atoms with Crippen LogP contribution < -0.4 is 5.73 Å². The lowest BCUT2D eigenvalue weighted by atomic mass is 9.87. The molecule has 22 heavy (non-hydrogen) atoms. The summed E-state index contributed by atoms with van der Waals surface area (Å²) in [5, 5.41) is 0.687. The van der Waals surface area contributed by atoms with E-state index in [0.717, 1.165) is 11.3 Å². The molecule has 2 aromatic carbocycles. The van der Waals surface area contributed by atoms with Gasteiger partial charge in [-0.1, -0.05) is 62.7 Å². The predicted molar refractivity (Wildman–Crippen MR) is 96.9 cm³/mol.